The van der Waals surface area contributed by atoms with Gasteiger partial charge in [-0.3, -0.25) is 0 Å². The van der Waals surface area contributed by atoms with Crippen LogP contribution in [0.25, 0.3) is 11.1 Å². The Bertz CT molecular complexity index is 808. The molecule has 8 heteroatoms. The van der Waals surface area contributed by atoms with E-state index in [2.05, 4.69) is 15.2 Å². The summed E-state index contributed by atoms with van der Waals surface area (Å²) in [7, 11) is 1.85. The molecule has 102 valence electrons. The summed E-state index contributed by atoms with van der Waals surface area (Å²) in [6.45, 7) is 1.85. The molecule has 0 saturated heterocycles. The number of oxazole rings is 1. The standard InChI is InChI=1S/C12H10N4O3S/c1-6-14-15-11(16(6)2)20-12-13-8-4-3-7(10(17)18)5-9(8)19-12/h3-5H,1-2H3,(H,17,18). The molecule has 0 aliphatic heterocycles. The fourth-order valence-corrected chi connectivity index (χ4v) is 2.42. The van der Waals surface area contributed by atoms with Gasteiger partial charge in [0.15, 0.2) is 10.7 Å². The highest BCUT2D eigenvalue weighted by molar-refractivity contribution is 7.99. The first kappa shape index (κ1) is 12.7. The second-order valence-corrected chi connectivity index (χ2v) is 5.08. The summed E-state index contributed by atoms with van der Waals surface area (Å²) < 4.78 is 7.36. The number of carboxylic acids is 1. The van der Waals surface area contributed by atoms with Crippen LogP contribution in [0, 0.1) is 6.92 Å². The van der Waals surface area contributed by atoms with E-state index in [1.165, 1.54) is 23.9 Å². The van der Waals surface area contributed by atoms with E-state index >= 15 is 0 Å². The largest absolute Gasteiger partial charge is 0.478 e. The van der Waals surface area contributed by atoms with Crippen molar-refractivity contribution in [3.63, 3.8) is 0 Å². The van der Waals surface area contributed by atoms with Gasteiger partial charge in [-0.25, -0.2) is 9.78 Å². The van der Waals surface area contributed by atoms with E-state index in [-0.39, 0.29) is 5.56 Å². The number of carboxylic acid groups (broad SMARTS) is 1. The van der Waals surface area contributed by atoms with Crippen LogP contribution in [0.3, 0.4) is 0 Å². The van der Waals surface area contributed by atoms with Crippen molar-refractivity contribution in [2.24, 2.45) is 7.05 Å². The highest BCUT2D eigenvalue weighted by Crippen LogP contribution is 2.29. The minimum absolute atomic E-state index is 0.166. The van der Waals surface area contributed by atoms with Gasteiger partial charge in [-0.1, -0.05) is 0 Å². The van der Waals surface area contributed by atoms with Crippen LogP contribution < -0.4 is 0 Å². The first-order valence-electron chi connectivity index (χ1n) is 5.72. The average Bonchev–Trinajstić information content (AvgIpc) is 2.95. The molecule has 2 heterocycles. The Hall–Kier alpha value is -2.35. The molecule has 0 fully saturated rings. The van der Waals surface area contributed by atoms with Crippen molar-refractivity contribution in [3.8, 4) is 0 Å². The third-order valence-corrected chi connectivity index (χ3v) is 3.73. The van der Waals surface area contributed by atoms with Gasteiger partial charge in [-0.05, 0) is 25.1 Å². The number of fused-ring (bicyclic) bond motifs is 1. The van der Waals surface area contributed by atoms with Gasteiger partial charge in [0.1, 0.15) is 11.3 Å². The third kappa shape index (κ3) is 2.14. The Labute approximate surface area is 117 Å². The van der Waals surface area contributed by atoms with Crippen LogP contribution in [0.1, 0.15) is 16.2 Å². The van der Waals surface area contributed by atoms with E-state index in [1.54, 1.807) is 6.07 Å². The minimum atomic E-state index is -0.999. The van der Waals surface area contributed by atoms with E-state index in [0.717, 1.165) is 5.82 Å². The molecule has 2 aromatic heterocycles. The van der Waals surface area contributed by atoms with Gasteiger partial charge in [-0.15, -0.1) is 10.2 Å². The second-order valence-electron chi connectivity index (χ2n) is 4.16. The Morgan fingerprint density at radius 3 is 2.85 bits per heavy atom. The van der Waals surface area contributed by atoms with Crippen molar-refractivity contribution >= 4 is 28.8 Å². The number of aromatic nitrogens is 4. The molecule has 0 aliphatic rings. The average molecular weight is 290 g/mol. The molecule has 3 aromatic rings. The minimum Gasteiger partial charge on any atom is -0.478 e. The van der Waals surface area contributed by atoms with Crippen LogP contribution in [0.2, 0.25) is 0 Å². The number of hydrogen-bond donors (Lipinski definition) is 1. The van der Waals surface area contributed by atoms with Gasteiger partial charge in [-0.2, -0.15) is 0 Å². The van der Waals surface area contributed by atoms with Gasteiger partial charge >= 0.3 is 5.97 Å². The maximum absolute atomic E-state index is 10.9. The molecule has 7 nitrogen and oxygen atoms in total. The van der Waals surface area contributed by atoms with E-state index in [0.29, 0.717) is 21.5 Å². The molecule has 0 atom stereocenters. The normalized spacial score (nSPS) is 11.1. The molecule has 0 amide bonds. The molecule has 0 saturated carbocycles. The first-order valence-corrected chi connectivity index (χ1v) is 6.54. The number of benzene rings is 1. The Morgan fingerprint density at radius 1 is 1.40 bits per heavy atom. The molecular weight excluding hydrogens is 280 g/mol. The number of nitrogens with zero attached hydrogens (tertiary/aromatic N) is 4. The zero-order valence-electron chi connectivity index (χ0n) is 10.7. The smallest absolute Gasteiger partial charge is 0.335 e. The number of aryl methyl sites for hydroxylation is 1. The topological polar surface area (TPSA) is 94.0 Å². The van der Waals surface area contributed by atoms with Crippen molar-refractivity contribution in [2.75, 3.05) is 0 Å². The quantitative estimate of drug-likeness (QED) is 0.789. The van der Waals surface area contributed by atoms with Crippen LogP contribution in [0.15, 0.2) is 33.0 Å². The summed E-state index contributed by atoms with van der Waals surface area (Å²) in [4.78, 5) is 15.2. The Balaban J connectivity index is 1.97. The fraction of sp³-hybridized carbons (Fsp3) is 0.167. The summed E-state index contributed by atoms with van der Waals surface area (Å²) >= 11 is 1.24. The Morgan fingerprint density at radius 2 is 2.20 bits per heavy atom. The molecule has 0 bridgehead atoms. The van der Waals surface area contributed by atoms with Gasteiger partial charge < -0.3 is 14.1 Å². The highest BCUT2D eigenvalue weighted by Gasteiger charge is 2.14. The van der Waals surface area contributed by atoms with Gasteiger partial charge in [0, 0.05) is 18.8 Å². The van der Waals surface area contributed by atoms with E-state index < -0.39 is 5.97 Å². The summed E-state index contributed by atoms with van der Waals surface area (Å²) in [6.07, 6.45) is 0. The molecule has 1 N–H and O–H groups in total. The molecule has 0 spiro atoms. The molecule has 0 radical (unpaired) electrons. The lowest BCUT2D eigenvalue weighted by atomic mass is 10.2. The lowest BCUT2D eigenvalue weighted by Gasteiger charge is -1.96. The summed E-state index contributed by atoms with van der Waals surface area (Å²) in [5.41, 5.74) is 1.21. The number of carbonyl (C=O) groups is 1. The summed E-state index contributed by atoms with van der Waals surface area (Å²) in [5.74, 6) is -0.210. The van der Waals surface area contributed by atoms with Gasteiger partial charge in [0.2, 0.25) is 0 Å². The van der Waals surface area contributed by atoms with Crippen LogP contribution in [0.4, 0.5) is 0 Å². The van der Waals surface area contributed by atoms with E-state index in [1.807, 2.05) is 18.5 Å². The monoisotopic (exact) mass is 290 g/mol. The predicted molar refractivity (Wildman–Crippen MR) is 70.8 cm³/mol. The molecule has 20 heavy (non-hydrogen) atoms. The second kappa shape index (κ2) is 4.64. The third-order valence-electron chi connectivity index (χ3n) is 2.85. The van der Waals surface area contributed by atoms with Crippen molar-refractivity contribution in [1.29, 1.82) is 0 Å². The lowest BCUT2D eigenvalue weighted by molar-refractivity contribution is 0.0697. The molecule has 1 aromatic carbocycles. The van der Waals surface area contributed by atoms with Crippen molar-refractivity contribution < 1.29 is 14.3 Å². The SMILES string of the molecule is Cc1nnc(Sc2nc3ccc(C(=O)O)cc3o2)n1C. The molecular formula is C12H10N4O3S. The zero-order chi connectivity index (χ0) is 14.3. The molecule has 3 rings (SSSR count). The number of rotatable bonds is 3. The maximum Gasteiger partial charge on any atom is 0.335 e. The van der Waals surface area contributed by atoms with Crippen LogP contribution in [-0.4, -0.2) is 30.8 Å². The predicted octanol–water partition coefficient (Wildman–Crippen LogP) is 2.11. The number of hydrogen-bond acceptors (Lipinski definition) is 6. The summed E-state index contributed by atoms with van der Waals surface area (Å²) in [6, 6.07) is 4.57. The van der Waals surface area contributed by atoms with E-state index in [4.69, 9.17) is 9.52 Å². The maximum atomic E-state index is 10.9. The zero-order valence-corrected chi connectivity index (χ0v) is 11.5. The van der Waals surface area contributed by atoms with Crippen LogP contribution >= 0.6 is 11.8 Å². The lowest BCUT2D eigenvalue weighted by Crippen LogP contribution is -1.94. The van der Waals surface area contributed by atoms with Crippen molar-refractivity contribution in [1.82, 2.24) is 19.7 Å². The first-order chi connectivity index (χ1) is 9.54. The van der Waals surface area contributed by atoms with Crippen molar-refractivity contribution in [2.45, 2.75) is 17.3 Å². The number of aromatic carboxylic acids is 1. The van der Waals surface area contributed by atoms with Gasteiger partial charge in [0.05, 0.1) is 5.56 Å². The van der Waals surface area contributed by atoms with E-state index in [9.17, 15) is 4.79 Å². The molecule has 0 unspecified atom stereocenters. The Kier molecular flexibility index (Phi) is 2.94. The van der Waals surface area contributed by atoms with Gasteiger partial charge in [0.25, 0.3) is 5.22 Å². The van der Waals surface area contributed by atoms with Crippen LogP contribution in [0.5, 0.6) is 0 Å². The fourth-order valence-electron chi connectivity index (χ4n) is 1.63. The molecule has 0 aliphatic carbocycles. The summed E-state index contributed by atoms with van der Waals surface area (Å²) in [5, 5.41) is 18.0. The highest BCUT2D eigenvalue weighted by atomic mass is 32.2. The van der Waals surface area contributed by atoms with Crippen LogP contribution in [-0.2, 0) is 7.05 Å². The van der Waals surface area contributed by atoms with Crippen molar-refractivity contribution in [3.05, 3.63) is 29.6 Å².